The molecule has 0 saturated carbocycles. The zero-order valence-corrected chi connectivity index (χ0v) is 24.7. The molecular weight excluding hydrogens is 616 g/mol. The number of hydrogen-bond donors (Lipinski definition) is 3. The van der Waals surface area contributed by atoms with Crippen molar-refractivity contribution < 1.29 is 47.5 Å². The van der Waals surface area contributed by atoms with Crippen molar-refractivity contribution in [1.29, 1.82) is 0 Å². The number of benzene rings is 3. The van der Waals surface area contributed by atoms with Gasteiger partial charge in [-0.05, 0) is 61.5 Å². The van der Waals surface area contributed by atoms with E-state index in [0.29, 0.717) is 16.2 Å². The third kappa shape index (κ3) is 5.40. The largest absolute Gasteiger partial charge is 0.496 e. The van der Waals surface area contributed by atoms with E-state index in [2.05, 4.69) is 0 Å². The Morgan fingerprint density at radius 3 is 2.06 bits per heavy atom. The van der Waals surface area contributed by atoms with Crippen molar-refractivity contribution in [1.82, 2.24) is 0 Å². The molecule has 3 N–H and O–H groups in total. The molecule has 5 atom stereocenters. The van der Waals surface area contributed by atoms with Crippen LogP contribution in [0.3, 0.4) is 0 Å². The Kier molecular flexibility index (Phi) is 7.53. The first-order chi connectivity index (χ1) is 22.6. The van der Waals surface area contributed by atoms with Gasteiger partial charge in [-0.25, -0.2) is 14.4 Å². The zero-order chi connectivity index (χ0) is 33.0. The van der Waals surface area contributed by atoms with Crippen LogP contribution in [0.15, 0.2) is 100 Å². The maximum Gasteiger partial charge on any atom is 0.379 e. The molecule has 0 bridgehead atoms. The number of hydrogen-bond acceptors (Lipinski definition) is 13. The van der Waals surface area contributed by atoms with Gasteiger partial charge in [0.25, 0.3) is 0 Å². The van der Waals surface area contributed by atoms with E-state index >= 15 is 0 Å². The summed E-state index contributed by atoms with van der Waals surface area (Å²) in [6.45, 7) is 1.51. The van der Waals surface area contributed by atoms with Crippen LogP contribution in [0.5, 0.6) is 23.0 Å². The molecule has 0 aliphatic carbocycles. The van der Waals surface area contributed by atoms with Crippen LogP contribution in [-0.4, -0.2) is 53.1 Å². The van der Waals surface area contributed by atoms with E-state index in [9.17, 15) is 29.7 Å². The second-order valence-electron chi connectivity index (χ2n) is 10.9. The van der Waals surface area contributed by atoms with Gasteiger partial charge in [-0.2, -0.15) is 0 Å². The first-order valence-corrected chi connectivity index (χ1v) is 14.4. The lowest BCUT2D eigenvalue weighted by atomic mass is 9.97. The number of rotatable bonds is 6. The maximum atomic E-state index is 13.4. The molecule has 7 rings (SSSR count). The normalized spacial score (nSPS) is 21.3. The standard InChI is InChI=1S/C34H26O13/c1-15-28(37)29(38)30(39)34(42-15)45-21-10-4-17-7-12-25(36)46-31(17)27(21)26-20(41-2)9-5-18-13-23(33(40)47-32(18)26)43-19-8-3-16-6-11-24(35)44-22(16)14-19/h3-15,28-30,34,37-39H,1-2H3/t15-,28+,29+,30-,34-/m1/s1. The molecule has 13 nitrogen and oxygen atoms in total. The molecule has 3 aromatic carbocycles. The van der Waals surface area contributed by atoms with Crippen LogP contribution in [0, 0.1) is 0 Å². The molecule has 4 heterocycles. The highest BCUT2D eigenvalue weighted by molar-refractivity contribution is 6.05. The molecule has 1 aliphatic rings. The van der Waals surface area contributed by atoms with Crippen molar-refractivity contribution in [2.75, 3.05) is 7.11 Å². The quantitative estimate of drug-likeness (QED) is 0.223. The Labute approximate surface area is 263 Å². The second kappa shape index (κ2) is 11.7. The van der Waals surface area contributed by atoms with Crippen LogP contribution in [0.25, 0.3) is 44.0 Å². The molecule has 1 saturated heterocycles. The first-order valence-electron chi connectivity index (χ1n) is 14.4. The first kappa shape index (κ1) is 30.2. The Bertz CT molecular complexity index is 2340. The minimum absolute atomic E-state index is 0.0121. The van der Waals surface area contributed by atoms with Crippen LogP contribution < -0.4 is 31.1 Å². The molecule has 47 heavy (non-hydrogen) atoms. The third-order valence-corrected chi connectivity index (χ3v) is 7.93. The second-order valence-corrected chi connectivity index (χ2v) is 10.9. The highest BCUT2D eigenvalue weighted by Crippen LogP contribution is 2.46. The van der Waals surface area contributed by atoms with Crippen LogP contribution in [0.2, 0.25) is 0 Å². The monoisotopic (exact) mass is 642 g/mol. The van der Waals surface area contributed by atoms with Gasteiger partial charge in [0, 0.05) is 34.4 Å². The lowest BCUT2D eigenvalue weighted by Crippen LogP contribution is -2.58. The van der Waals surface area contributed by atoms with Gasteiger partial charge in [0.2, 0.25) is 12.0 Å². The Morgan fingerprint density at radius 2 is 1.28 bits per heavy atom. The van der Waals surface area contributed by atoms with Crippen molar-refractivity contribution in [3.8, 4) is 34.1 Å². The van der Waals surface area contributed by atoms with Gasteiger partial charge in [0.15, 0.2) is 5.58 Å². The van der Waals surface area contributed by atoms with Gasteiger partial charge in [0.1, 0.15) is 46.7 Å². The summed E-state index contributed by atoms with van der Waals surface area (Å²) in [5.41, 5.74) is -1.49. The minimum atomic E-state index is -1.65. The summed E-state index contributed by atoms with van der Waals surface area (Å²) in [7, 11) is 1.40. The van der Waals surface area contributed by atoms with E-state index in [1.54, 1.807) is 36.4 Å². The number of fused-ring (bicyclic) bond motifs is 3. The number of aliphatic hydroxyl groups is 3. The molecule has 1 fully saturated rings. The lowest BCUT2D eigenvalue weighted by molar-refractivity contribution is -0.268. The summed E-state index contributed by atoms with van der Waals surface area (Å²) in [6, 6.07) is 18.2. The molecule has 0 unspecified atom stereocenters. The molecule has 0 amide bonds. The Morgan fingerprint density at radius 1 is 0.638 bits per heavy atom. The molecule has 0 radical (unpaired) electrons. The highest BCUT2D eigenvalue weighted by Gasteiger charge is 2.43. The fourth-order valence-electron chi connectivity index (χ4n) is 5.54. The van der Waals surface area contributed by atoms with Crippen LogP contribution in [0.1, 0.15) is 6.92 Å². The third-order valence-electron chi connectivity index (χ3n) is 7.93. The summed E-state index contributed by atoms with van der Waals surface area (Å²) in [5, 5.41) is 32.8. The summed E-state index contributed by atoms with van der Waals surface area (Å²) in [6.07, 6.45) is -6.94. The van der Waals surface area contributed by atoms with Crippen molar-refractivity contribution in [3.63, 3.8) is 0 Å². The number of ether oxygens (including phenoxy) is 4. The molecule has 13 heteroatoms. The van der Waals surface area contributed by atoms with Gasteiger partial charge in [0.05, 0.1) is 24.3 Å². The molecule has 0 spiro atoms. The molecule has 240 valence electrons. The van der Waals surface area contributed by atoms with Crippen molar-refractivity contribution >= 4 is 32.9 Å². The number of aliphatic hydroxyl groups excluding tert-OH is 3. The fraction of sp³-hybridized carbons (Fsp3) is 0.206. The van der Waals surface area contributed by atoms with Gasteiger partial charge in [-0.1, -0.05) is 0 Å². The van der Waals surface area contributed by atoms with Gasteiger partial charge in [-0.15, -0.1) is 0 Å². The topological polar surface area (TPSA) is 188 Å². The maximum absolute atomic E-state index is 13.4. The van der Waals surface area contributed by atoms with E-state index in [1.807, 2.05) is 0 Å². The van der Waals surface area contributed by atoms with Crippen molar-refractivity contribution in [3.05, 3.63) is 104 Å². The van der Waals surface area contributed by atoms with Crippen LogP contribution in [-0.2, 0) is 4.74 Å². The smallest absolute Gasteiger partial charge is 0.379 e. The number of methoxy groups -OCH3 is 1. The Hall–Kier alpha value is -5.47. The van der Waals surface area contributed by atoms with E-state index in [-0.39, 0.29) is 50.9 Å². The van der Waals surface area contributed by atoms with Crippen molar-refractivity contribution in [2.24, 2.45) is 0 Å². The molecule has 1 aliphatic heterocycles. The van der Waals surface area contributed by atoms with E-state index in [4.69, 9.17) is 32.2 Å². The lowest BCUT2D eigenvalue weighted by Gasteiger charge is -2.39. The predicted octanol–water partition coefficient (Wildman–Crippen LogP) is 3.68. The summed E-state index contributed by atoms with van der Waals surface area (Å²) < 4.78 is 39.9. The molecule has 6 aromatic rings. The Balaban J connectivity index is 1.39. The fourth-order valence-corrected chi connectivity index (χ4v) is 5.54. The SMILES string of the molecule is COc1ccc2cc(Oc3ccc4ccc(=O)oc4c3)c(=O)oc2c1-c1c(O[C@H]2O[C@H](C)[C@H](O)[C@H](O)[C@H]2O)ccc2ccc(=O)oc12. The summed E-state index contributed by atoms with van der Waals surface area (Å²) in [4.78, 5) is 37.5. The highest BCUT2D eigenvalue weighted by atomic mass is 16.7. The van der Waals surface area contributed by atoms with Gasteiger partial charge in [-0.3, -0.25) is 0 Å². The van der Waals surface area contributed by atoms with E-state index in [0.717, 1.165) is 0 Å². The van der Waals surface area contributed by atoms with Gasteiger partial charge >= 0.3 is 16.9 Å². The van der Waals surface area contributed by atoms with E-state index < -0.39 is 47.6 Å². The molecule has 3 aromatic heterocycles. The average Bonchev–Trinajstić information content (AvgIpc) is 3.06. The van der Waals surface area contributed by atoms with Crippen molar-refractivity contribution in [2.45, 2.75) is 37.6 Å². The van der Waals surface area contributed by atoms with Gasteiger partial charge < -0.3 is 47.5 Å². The average molecular weight is 643 g/mol. The van der Waals surface area contributed by atoms with E-state index in [1.165, 1.54) is 50.4 Å². The summed E-state index contributed by atoms with van der Waals surface area (Å²) >= 11 is 0. The molecular formula is C34H26O13. The predicted molar refractivity (Wildman–Crippen MR) is 166 cm³/mol. The van der Waals surface area contributed by atoms with Crippen LogP contribution >= 0.6 is 0 Å². The summed E-state index contributed by atoms with van der Waals surface area (Å²) in [5.74, 6) is 0.258. The van der Waals surface area contributed by atoms with Crippen LogP contribution in [0.4, 0.5) is 0 Å². The minimum Gasteiger partial charge on any atom is -0.496 e. The zero-order valence-electron chi connectivity index (χ0n) is 24.7.